The van der Waals surface area contributed by atoms with Crippen molar-refractivity contribution in [3.05, 3.63) is 71.3 Å². The lowest BCUT2D eigenvalue weighted by Crippen LogP contribution is -2.24. The van der Waals surface area contributed by atoms with Gasteiger partial charge in [-0.25, -0.2) is 0 Å². The van der Waals surface area contributed by atoms with Crippen molar-refractivity contribution in [1.82, 2.24) is 0 Å². The van der Waals surface area contributed by atoms with Crippen LogP contribution >= 0.6 is 0 Å². The van der Waals surface area contributed by atoms with Crippen molar-refractivity contribution in [3.8, 4) is 17.2 Å². The molecule has 0 unspecified atom stereocenters. The van der Waals surface area contributed by atoms with E-state index in [0.29, 0.717) is 28.5 Å². The zero-order valence-corrected chi connectivity index (χ0v) is 19.1. The highest BCUT2D eigenvalue weighted by atomic mass is 16.5. The summed E-state index contributed by atoms with van der Waals surface area (Å²) in [7, 11) is 4.51. The predicted octanol–water partition coefficient (Wildman–Crippen LogP) is 4.75. The van der Waals surface area contributed by atoms with Gasteiger partial charge in [0.15, 0.2) is 11.5 Å². The van der Waals surface area contributed by atoms with Gasteiger partial charge in [0.1, 0.15) is 0 Å². The van der Waals surface area contributed by atoms with Crippen LogP contribution in [-0.4, -0.2) is 33.1 Å². The molecule has 1 N–H and O–H groups in total. The van der Waals surface area contributed by atoms with Gasteiger partial charge in [-0.15, -0.1) is 0 Å². The van der Waals surface area contributed by atoms with E-state index in [1.54, 1.807) is 24.0 Å². The number of amides is 2. The first kappa shape index (κ1) is 22.2. The number of ether oxygens (including phenoxy) is 3. The van der Waals surface area contributed by atoms with E-state index in [1.165, 1.54) is 21.3 Å². The minimum Gasteiger partial charge on any atom is -0.493 e. The van der Waals surface area contributed by atoms with Crippen LogP contribution in [0.15, 0.2) is 54.6 Å². The van der Waals surface area contributed by atoms with Gasteiger partial charge in [0.25, 0.3) is 5.91 Å². The van der Waals surface area contributed by atoms with Crippen LogP contribution in [-0.2, 0) is 17.6 Å². The molecule has 0 radical (unpaired) electrons. The van der Waals surface area contributed by atoms with Gasteiger partial charge in [-0.3, -0.25) is 14.5 Å². The van der Waals surface area contributed by atoms with E-state index in [4.69, 9.17) is 14.2 Å². The van der Waals surface area contributed by atoms with Crippen LogP contribution in [0, 0.1) is 0 Å². The van der Waals surface area contributed by atoms with Crippen molar-refractivity contribution in [1.29, 1.82) is 0 Å². The van der Waals surface area contributed by atoms with Crippen molar-refractivity contribution in [3.63, 3.8) is 0 Å². The van der Waals surface area contributed by atoms with Crippen LogP contribution in [0.25, 0.3) is 0 Å². The molecule has 7 heteroatoms. The van der Waals surface area contributed by atoms with Crippen molar-refractivity contribution in [2.45, 2.75) is 19.8 Å². The molecule has 3 aromatic rings. The van der Waals surface area contributed by atoms with Gasteiger partial charge < -0.3 is 19.5 Å². The molecule has 0 saturated heterocycles. The summed E-state index contributed by atoms with van der Waals surface area (Å²) in [5, 5.41) is 2.92. The van der Waals surface area contributed by atoms with E-state index in [-0.39, 0.29) is 11.8 Å². The maximum atomic E-state index is 13.1. The average Bonchev–Trinajstić information content (AvgIpc) is 2.99. The summed E-state index contributed by atoms with van der Waals surface area (Å²) in [6.45, 7) is 1.55. The Labute approximate surface area is 192 Å². The lowest BCUT2D eigenvalue weighted by atomic mass is 10.0. The molecule has 0 aromatic heterocycles. The molecule has 3 aromatic carbocycles. The second kappa shape index (κ2) is 9.24. The van der Waals surface area contributed by atoms with E-state index in [1.807, 2.05) is 42.5 Å². The van der Waals surface area contributed by atoms with Crippen LogP contribution in [0.2, 0.25) is 0 Å². The first-order valence-corrected chi connectivity index (χ1v) is 10.6. The summed E-state index contributed by atoms with van der Waals surface area (Å²) in [4.78, 5) is 27.4. The first-order valence-electron chi connectivity index (χ1n) is 10.6. The Bertz CT molecular complexity index is 1200. The average molecular weight is 447 g/mol. The molecule has 0 spiro atoms. The largest absolute Gasteiger partial charge is 0.493 e. The third-order valence-electron chi connectivity index (χ3n) is 5.72. The normalized spacial score (nSPS) is 12.2. The van der Waals surface area contributed by atoms with Crippen molar-refractivity contribution >= 4 is 28.9 Å². The lowest BCUT2D eigenvalue weighted by Gasteiger charge is -2.24. The van der Waals surface area contributed by atoms with Crippen LogP contribution in [0.5, 0.6) is 17.2 Å². The number of fused-ring (bicyclic) bond motifs is 2. The monoisotopic (exact) mass is 446 g/mol. The summed E-state index contributed by atoms with van der Waals surface area (Å²) in [5.74, 6) is 0.778. The molecule has 33 heavy (non-hydrogen) atoms. The number of rotatable bonds is 5. The topological polar surface area (TPSA) is 77.1 Å². The fourth-order valence-electron chi connectivity index (χ4n) is 4.16. The highest BCUT2D eigenvalue weighted by Crippen LogP contribution is 2.39. The van der Waals surface area contributed by atoms with Crippen molar-refractivity contribution < 1.29 is 23.8 Å². The minimum atomic E-state index is -0.336. The molecule has 1 aliphatic rings. The van der Waals surface area contributed by atoms with Crippen LogP contribution in [0.4, 0.5) is 17.1 Å². The fraction of sp³-hybridized carbons (Fsp3) is 0.231. The highest BCUT2D eigenvalue weighted by molar-refractivity contribution is 6.06. The Kier molecular flexibility index (Phi) is 6.22. The number of benzene rings is 3. The smallest absolute Gasteiger partial charge is 0.255 e. The summed E-state index contributed by atoms with van der Waals surface area (Å²) < 4.78 is 16.0. The molecule has 0 saturated carbocycles. The van der Waals surface area contributed by atoms with Gasteiger partial charge in [-0.2, -0.15) is 0 Å². The number of carbonyl (C=O) groups excluding carboxylic acids is 2. The Morgan fingerprint density at radius 3 is 2.06 bits per heavy atom. The van der Waals surface area contributed by atoms with Crippen LogP contribution in [0.1, 0.15) is 28.4 Å². The maximum absolute atomic E-state index is 13.1. The molecule has 2 amide bonds. The number of nitrogens with zero attached hydrogens (tertiary/aromatic N) is 1. The SMILES string of the molecule is COc1cc(C(=O)Nc2ccc3c(c2)N(C(C)=O)c2ccccc2CC3)cc(OC)c1OC. The number of anilines is 3. The standard InChI is InChI=1S/C26H26N2O5/c1-16(29)28-21-8-6-5-7-17(21)9-10-18-11-12-20(15-22(18)28)27-26(30)19-13-23(31-2)25(33-4)24(14-19)32-3/h5-8,11-15H,9-10H2,1-4H3,(H,27,30). The summed E-state index contributed by atoms with van der Waals surface area (Å²) >= 11 is 0. The zero-order valence-electron chi connectivity index (χ0n) is 19.1. The van der Waals surface area contributed by atoms with Crippen LogP contribution in [0.3, 0.4) is 0 Å². The molecule has 170 valence electrons. The maximum Gasteiger partial charge on any atom is 0.255 e. The Morgan fingerprint density at radius 2 is 1.45 bits per heavy atom. The van der Waals surface area contributed by atoms with E-state index < -0.39 is 0 Å². The van der Waals surface area contributed by atoms with Gasteiger partial charge in [0.05, 0.1) is 32.7 Å². The quantitative estimate of drug-likeness (QED) is 0.612. The third kappa shape index (κ3) is 4.22. The van der Waals surface area contributed by atoms with Gasteiger partial charge >= 0.3 is 0 Å². The Hall–Kier alpha value is -4.00. The second-order valence-corrected chi connectivity index (χ2v) is 7.69. The number of carbonyl (C=O) groups is 2. The van der Waals surface area contributed by atoms with E-state index in [0.717, 1.165) is 35.3 Å². The number of nitrogens with one attached hydrogen (secondary N) is 1. The fourth-order valence-corrected chi connectivity index (χ4v) is 4.16. The molecule has 0 atom stereocenters. The minimum absolute atomic E-state index is 0.0845. The summed E-state index contributed by atoms with van der Waals surface area (Å²) in [6, 6.07) is 16.7. The second-order valence-electron chi connectivity index (χ2n) is 7.69. The molecule has 4 rings (SSSR count). The van der Waals surface area contributed by atoms with E-state index >= 15 is 0 Å². The zero-order chi connectivity index (χ0) is 23.5. The third-order valence-corrected chi connectivity index (χ3v) is 5.72. The van der Waals surface area contributed by atoms with E-state index in [2.05, 4.69) is 5.32 Å². The molecular formula is C26H26N2O5. The van der Waals surface area contributed by atoms with Gasteiger partial charge in [-0.05, 0) is 54.3 Å². The summed E-state index contributed by atoms with van der Waals surface area (Å²) in [5.41, 5.74) is 4.75. The van der Waals surface area contributed by atoms with Crippen molar-refractivity contribution in [2.24, 2.45) is 0 Å². The van der Waals surface area contributed by atoms with Crippen LogP contribution < -0.4 is 24.4 Å². The molecule has 1 aliphatic heterocycles. The first-order chi connectivity index (χ1) is 16.0. The molecular weight excluding hydrogens is 420 g/mol. The molecule has 0 aliphatic carbocycles. The summed E-state index contributed by atoms with van der Waals surface area (Å²) in [6.07, 6.45) is 1.64. The Balaban J connectivity index is 1.69. The van der Waals surface area contributed by atoms with Gasteiger partial charge in [0.2, 0.25) is 11.7 Å². The number of methoxy groups -OCH3 is 3. The van der Waals surface area contributed by atoms with Crippen molar-refractivity contribution in [2.75, 3.05) is 31.5 Å². The van der Waals surface area contributed by atoms with E-state index in [9.17, 15) is 9.59 Å². The molecule has 0 fully saturated rings. The number of hydrogen-bond donors (Lipinski definition) is 1. The van der Waals surface area contributed by atoms with Gasteiger partial charge in [0, 0.05) is 18.2 Å². The highest BCUT2D eigenvalue weighted by Gasteiger charge is 2.24. The molecule has 1 heterocycles. The molecule has 0 bridgehead atoms. The lowest BCUT2D eigenvalue weighted by molar-refractivity contribution is -0.115. The molecule has 7 nitrogen and oxygen atoms in total. The Morgan fingerprint density at radius 1 is 0.818 bits per heavy atom. The number of aryl methyl sites for hydroxylation is 2. The number of hydrogen-bond acceptors (Lipinski definition) is 5. The van der Waals surface area contributed by atoms with Gasteiger partial charge in [-0.1, -0.05) is 24.3 Å². The number of para-hydroxylation sites is 1. The predicted molar refractivity (Wildman–Crippen MR) is 127 cm³/mol.